The third-order valence-electron chi connectivity index (χ3n) is 2.98. The van der Waals surface area contributed by atoms with Crippen molar-refractivity contribution in [2.75, 3.05) is 12.8 Å². The predicted octanol–water partition coefficient (Wildman–Crippen LogP) is 3.10. The van der Waals surface area contributed by atoms with Gasteiger partial charge in [-0.2, -0.15) is 0 Å². The molecule has 100 valence electrons. The van der Waals surface area contributed by atoms with Crippen LogP contribution in [0.5, 0.6) is 0 Å². The summed E-state index contributed by atoms with van der Waals surface area (Å²) in [5, 5.41) is 0.362. The molecule has 0 aliphatic rings. The summed E-state index contributed by atoms with van der Waals surface area (Å²) in [4.78, 5) is 13.9. The molecule has 2 rings (SSSR count). The molecule has 1 aromatic heterocycles. The Morgan fingerprint density at radius 1 is 1.42 bits per heavy atom. The highest BCUT2D eigenvalue weighted by Gasteiger charge is 2.19. The van der Waals surface area contributed by atoms with Crippen LogP contribution in [0.15, 0.2) is 34.9 Å². The maximum Gasteiger partial charge on any atom is 0.257 e. The van der Waals surface area contributed by atoms with Crippen LogP contribution in [0.3, 0.4) is 0 Å². The van der Waals surface area contributed by atoms with E-state index in [-0.39, 0.29) is 5.91 Å². The molecular weight excluding hydrogens is 264 g/mol. The minimum absolute atomic E-state index is 0.205. The Balaban J connectivity index is 2.22. The Hall–Kier alpha value is -1.94. The summed E-state index contributed by atoms with van der Waals surface area (Å²) in [7, 11) is 1.71. The molecule has 2 aromatic rings. The average Bonchev–Trinajstić information content (AvgIpc) is 2.74. The summed E-state index contributed by atoms with van der Waals surface area (Å²) in [6.07, 6.45) is 1.60. The number of rotatable bonds is 3. The third kappa shape index (κ3) is 2.74. The molecule has 5 heteroatoms. The second-order valence-electron chi connectivity index (χ2n) is 4.37. The molecule has 0 unspecified atom stereocenters. The fourth-order valence-electron chi connectivity index (χ4n) is 1.86. The number of carbonyl (C=O) groups is 1. The van der Waals surface area contributed by atoms with Gasteiger partial charge >= 0.3 is 0 Å². The van der Waals surface area contributed by atoms with Crippen LogP contribution in [0.4, 0.5) is 5.69 Å². The number of nitrogens with zero attached hydrogens (tertiary/aromatic N) is 1. The number of furan rings is 1. The Kier molecular flexibility index (Phi) is 3.81. The lowest BCUT2D eigenvalue weighted by Gasteiger charge is -2.18. The molecule has 0 fully saturated rings. The van der Waals surface area contributed by atoms with Crippen molar-refractivity contribution in [2.24, 2.45) is 0 Å². The number of hydrogen-bond donors (Lipinski definition) is 1. The van der Waals surface area contributed by atoms with Gasteiger partial charge in [-0.3, -0.25) is 4.79 Å². The Bertz CT molecular complexity index is 587. The molecule has 0 bridgehead atoms. The summed E-state index contributed by atoms with van der Waals surface area (Å²) in [6.45, 7) is 2.31. The van der Waals surface area contributed by atoms with Gasteiger partial charge in [-0.25, -0.2) is 0 Å². The zero-order valence-electron chi connectivity index (χ0n) is 10.8. The number of anilines is 1. The van der Waals surface area contributed by atoms with E-state index >= 15 is 0 Å². The Morgan fingerprint density at radius 3 is 2.74 bits per heavy atom. The largest absolute Gasteiger partial charge is 0.469 e. The van der Waals surface area contributed by atoms with Crippen LogP contribution in [0.1, 0.15) is 21.7 Å². The molecule has 0 radical (unpaired) electrons. The number of hydrogen-bond acceptors (Lipinski definition) is 3. The quantitative estimate of drug-likeness (QED) is 0.878. The van der Waals surface area contributed by atoms with Gasteiger partial charge in [-0.05, 0) is 25.1 Å². The first-order valence-corrected chi connectivity index (χ1v) is 6.21. The molecule has 2 N–H and O–H groups in total. The van der Waals surface area contributed by atoms with Gasteiger partial charge in [0.2, 0.25) is 0 Å². The van der Waals surface area contributed by atoms with Crippen LogP contribution in [-0.4, -0.2) is 17.9 Å². The number of nitrogens with two attached hydrogens (primary N) is 1. The lowest BCUT2D eigenvalue weighted by Crippen LogP contribution is -2.27. The van der Waals surface area contributed by atoms with Crippen LogP contribution in [0.25, 0.3) is 0 Å². The number of amides is 1. The van der Waals surface area contributed by atoms with E-state index in [1.807, 2.05) is 13.0 Å². The van der Waals surface area contributed by atoms with Crippen LogP contribution >= 0.6 is 11.6 Å². The van der Waals surface area contributed by atoms with Crippen LogP contribution in [0, 0.1) is 6.92 Å². The van der Waals surface area contributed by atoms with Crippen LogP contribution < -0.4 is 5.73 Å². The van der Waals surface area contributed by atoms with Gasteiger partial charge in [0.1, 0.15) is 5.76 Å². The smallest absolute Gasteiger partial charge is 0.257 e. The molecule has 0 spiro atoms. The molecular formula is C14H15ClN2O2. The summed E-state index contributed by atoms with van der Waals surface area (Å²) >= 11 is 6.04. The monoisotopic (exact) mass is 278 g/mol. The normalized spacial score (nSPS) is 10.5. The van der Waals surface area contributed by atoms with Gasteiger partial charge in [0.05, 0.1) is 16.8 Å². The molecule has 0 atom stereocenters. The second-order valence-corrected chi connectivity index (χ2v) is 4.77. The SMILES string of the molecule is Cc1occc1CN(C)C(=O)c1c(N)cccc1Cl. The zero-order valence-corrected chi connectivity index (χ0v) is 11.6. The number of aryl methyl sites for hydroxylation is 1. The van der Waals surface area contributed by atoms with Crippen molar-refractivity contribution in [3.63, 3.8) is 0 Å². The van der Waals surface area contributed by atoms with Crippen molar-refractivity contribution >= 4 is 23.2 Å². The highest BCUT2D eigenvalue weighted by molar-refractivity contribution is 6.34. The summed E-state index contributed by atoms with van der Waals surface area (Å²) < 4.78 is 5.21. The fraction of sp³-hybridized carbons (Fsp3) is 0.214. The lowest BCUT2D eigenvalue weighted by molar-refractivity contribution is 0.0786. The van der Waals surface area contributed by atoms with E-state index in [4.69, 9.17) is 21.8 Å². The number of nitrogen functional groups attached to an aromatic ring is 1. The van der Waals surface area contributed by atoms with Crippen LogP contribution in [0.2, 0.25) is 5.02 Å². The molecule has 1 aromatic carbocycles. The zero-order chi connectivity index (χ0) is 14.0. The highest BCUT2D eigenvalue weighted by Crippen LogP contribution is 2.24. The maximum absolute atomic E-state index is 12.4. The molecule has 19 heavy (non-hydrogen) atoms. The van der Waals surface area contributed by atoms with Gasteiger partial charge in [-0.1, -0.05) is 17.7 Å². The standard InChI is InChI=1S/C14H15ClN2O2/c1-9-10(6-7-19-9)8-17(2)14(18)13-11(15)4-3-5-12(13)16/h3-7H,8,16H2,1-2H3. The van der Waals surface area contributed by atoms with Gasteiger partial charge in [0.25, 0.3) is 5.91 Å². The van der Waals surface area contributed by atoms with Crippen molar-refractivity contribution in [3.05, 3.63) is 52.4 Å². The van der Waals surface area contributed by atoms with Gasteiger partial charge in [0.15, 0.2) is 0 Å². The van der Waals surface area contributed by atoms with E-state index in [0.717, 1.165) is 11.3 Å². The highest BCUT2D eigenvalue weighted by atomic mass is 35.5. The van der Waals surface area contributed by atoms with Gasteiger partial charge in [0, 0.05) is 24.8 Å². The molecule has 1 heterocycles. The Labute approximate surface area is 116 Å². The molecule has 0 saturated heterocycles. The lowest BCUT2D eigenvalue weighted by atomic mass is 10.1. The van der Waals surface area contributed by atoms with E-state index in [1.165, 1.54) is 0 Å². The number of carbonyl (C=O) groups excluding carboxylic acids is 1. The predicted molar refractivity (Wildman–Crippen MR) is 75.1 cm³/mol. The molecule has 4 nitrogen and oxygen atoms in total. The molecule has 1 amide bonds. The first-order chi connectivity index (χ1) is 9.00. The summed E-state index contributed by atoms with van der Waals surface area (Å²) in [5.41, 5.74) is 7.50. The Morgan fingerprint density at radius 2 is 2.16 bits per heavy atom. The van der Waals surface area contributed by atoms with E-state index in [2.05, 4.69) is 0 Å². The third-order valence-corrected chi connectivity index (χ3v) is 3.30. The molecule has 0 aliphatic heterocycles. The van der Waals surface area contributed by atoms with Crippen molar-refractivity contribution in [3.8, 4) is 0 Å². The number of halogens is 1. The van der Waals surface area contributed by atoms with Gasteiger partial charge < -0.3 is 15.1 Å². The minimum atomic E-state index is -0.205. The topological polar surface area (TPSA) is 59.5 Å². The average molecular weight is 279 g/mol. The van der Waals surface area contributed by atoms with Crippen molar-refractivity contribution in [1.82, 2.24) is 4.90 Å². The maximum atomic E-state index is 12.4. The van der Waals surface area contributed by atoms with E-state index in [1.54, 1.807) is 36.4 Å². The van der Waals surface area contributed by atoms with Crippen molar-refractivity contribution in [2.45, 2.75) is 13.5 Å². The van der Waals surface area contributed by atoms with Crippen LogP contribution in [-0.2, 0) is 6.54 Å². The van der Waals surface area contributed by atoms with Gasteiger partial charge in [-0.15, -0.1) is 0 Å². The number of benzene rings is 1. The summed E-state index contributed by atoms with van der Waals surface area (Å²) in [5.74, 6) is 0.593. The van der Waals surface area contributed by atoms with Crippen molar-refractivity contribution < 1.29 is 9.21 Å². The minimum Gasteiger partial charge on any atom is -0.469 e. The molecule has 0 aliphatic carbocycles. The fourth-order valence-corrected chi connectivity index (χ4v) is 2.12. The van der Waals surface area contributed by atoms with E-state index in [0.29, 0.717) is 22.8 Å². The van der Waals surface area contributed by atoms with E-state index < -0.39 is 0 Å². The molecule has 0 saturated carbocycles. The van der Waals surface area contributed by atoms with E-state index in [9.17, 15) is 4.79 Å². The summed E-state index contributed by atoms with van der Waals surface area (Å²) in [6, 6.07) is 6.88. The second kappa shape index (κ2) is 5.36. The first kappa shape index (κ1) is 13.5. The first-order valence-electron chi connectivity index (χ1n) is 5.83. The van der Waals surface area contributed by atoms with Crippen molar-refractivity contribution in [1.29, 1.82) is 0 Å².